The Balaban J connectivity index is 2.29. The molecular weight excluding hydrogens is 348 g/mol. The van der Waals surface area contributed by atoms with Crippen LogP contribution in [0.25, 0.3) is 0 Å². The lowest BCUT2D eigenvalue weighted by Crippen LogP contribution is -2.58. The van der Waals surface area contributed by atoms with Crippen molar-refractivity contribution in [2.75, 3.05) is 0 Å². The molecule has 0 aliphatic rings. The van der Waals surface area contributed by atoms with Crippen LogP contribution in [0.15, 0.2) is 91.0 Å². The molecule has 0 heterocycles. The summed E-state index contributed by atoms with van der Waals surface area (Å²) >= 11 is 0. The average molecular weight is 374 g/mol. The fourth-order valence-corrected chi connectivity index (χ4v) is 3.47. The summed E-state index contributed by atoms with van der Waals surface area (Å²) in [7, 11) is 0. The molecule has 3 aromatic carbocycles. The lowest BCUT2D eigenvalue weighted by Gasteiger charge is -2.42. The van der Waals surface area contributed by atoms with Gasteiger partial charge >= 0.3 is 6.09 Å². The van der Waals surface area contributed by atoms with Crippen LogP contribution in [0.4, 0.5) is 4.79 Å². The molecule has 0 fully saturated rings. The summed E-state index contributed by atoms with van der Waals surface area (Å²) in [5, 5.41) is 11.3. The van der Waals surface area contributed by atoms with E-state index in [4.69, 9.17) is 0 Å². The van der Waals surface area contributed by atoms with E-state index in [1.807, 2.05) is 105 Å². The number of carbonyl (C=O) groups is 1. The summed E-state index contributed by atoms with van der Waals surface area (Å²) in [5.74, 6) is 0. The molecule has 0 saturated heterocycles. The lowest BCUT2D eigenvalue weighted by atomic mass is 9.77. The normalized spacial score (nSPS) is 12.4. The quantitative estimate of drug-likeness (QED) is 0.438. The third-order valence-electron chi connectivity index (χ3n) is 5.15. The van der Waals surface area contributed by atoms with Gasteiger partial charge in [0.05, 0.1) is 0 Å². The molecule has 0 radical (unpaired) electrons. The number of nitrogens with one attached hydrogen (secondary N) is 1. The molecule has 4 nitrogen and oxygen atoms in total. The van der Waals surface area contributed by atoms with Crippen molar-refractivity contribution in [1.82, 2.24) is 10.4 Å². The van der Waals surface area contributed by atoms with E-state index in [-0.39, 0.29) is 6.04 Å². The number of rotatable bonds is 7. The lowest BCUT2D eigenvalue weighted by molar-refractivity contribution is 0.0749. The van der Waals surface area contributed by atoms with Gasteiger partial charge in [0.25, 0.3) is 0 Å². The zero-order chi connectivity index (χ0) is 20.0. The first-order valence-electron chi connectivity index (χ1n) is 9.56. The maximum Gasteiger partial charge on any atom is 0.422 e. The minimum Gasteiger partial charge on any atom is -0.464 e. The van der Waals surface area contributed by atoms with Crippen molar-refractivity contribution in [3.05, 3.63) is 108 Å². The molecule has 1 atom stereocenters. The van der Waals surface area contributed by atoms with E-state index in [1.54, 1.807) is 0 Å². The van der Waals surface area contributed by atoms with Crippen molar-refractivity contribution in [2.45, 2.75) is 31.8 Å². The van der Waals surface area contributed by atoms with Gasteiger partial charge < -0.3 is 5.11 Å². The number of amides is 1. The Bertz CT molecular complexity index is 786. The molecule has 0 spiro atoms. The first kappa shape index (κ1) is 19.6. The van der Waals surface area contributed by atoms with Crippen molar-refractivity contribution in [3.8, 4) is 0 Å². The largest absolute Gasteiger partial charge is 0.464 e. The van der Waals surface area contributed by atoms with Gasteiger partial charge in [-0.3, -0.25) is 0 Å². The Hall–Kier alpha value is -3.11. The molecule has 3 rings (SSSR count). The third kappa shape index (κ3) is 3.78. The van der Waals surface area contributed by atoms with Crippen molar-refractivity contribution < 1.29 is 9.90 Å². The zero-order valence-electron chi connectivity index (χ0n) is 16.2. The molecule has 0 aliphatic carbocycles. The molecule has 28 heavy (non-hydrogen) atoms. The van der Waals surface area contributed by atoms with Crippen LogP contribution in [0, 0.1) is 0 Å². The summed E-state index contributed by atoms with van der Waals surface area (Å²) in [4.78, 5) is 12.1. The summed E-state index contributed by atoms with van der Waals surface area (Å²) < 4.78 is 0. The molecule has 0 aromatic heterocycles. The first-order valence-corrected chi connectivity index (χ1v) is 9.56. The molecule has 2 N–H and O–H groups in total. The van der Waals surface area contributed by atoms with Crippen molar-refractivity contribution in [1.29, 1.82) is 0 Å². The van der Waals surface area contributed by atoms with Gasteiger partial charge in [-0.1, -0.05) is 97.9 Å². The highest BCUT2D eigenvalue weighted by atomic mass is 16.4. The van der Waals surface area contributed by atoms with Crippen LogP contribution in [-0.4, -0.2) is 22.3 Å². The molecule has 4 heteroatoms. The summed E-state index contributed by atoms with van der Waals surface area (Å²) in [6.45, 7) is 3.89. The molecule has 0 bridgehead atoms. The van der Waals surface area contributed by atoms with Gasteiger partial charge in [-0.25, -0.2) is 15.2 Å². The smallest absolute Gasteiger partial charge is 0.422 e. The number of hydrazine groups is 1. The van der Waals surface area contributed by atoms with Crippen molar-refractivity contribution in [2.24, 2.45) is 0 Å². The minimum atomic E-state index is -0.999. The van der Waals surface area contributed by atoms with Crippen LogP contribution in [0.3, 0.4) is 0 Å². The number of benzene rings is 3. The maximum absolute atomic E-state index is 12.1. The average Bonchev–Trinajstić information content (AvgIpc) is 2.76. The van der Waals surface area contributed by atoms with Crippen LogP contribution in [0.2, 0.25) is 0 Å². The van der Waals surface area contributed by atoms with Crippen LogP contribution in [0.1, 0.15) is 37.0 Å². The van der Waals surface area contributed by atoms with E-state index < -0.39 is 11.6 Å². The van der Waals surface area contributed by atoms with E-state index in [9.17, 15) is 9.90 Å². The van der Waals surface area contributed by atoms with Crippen LogP contribution >= 0.6 is 0 Å². The Morgan fingerprint density at radius 1 is 0.857 bits per heavy atom. The molecule has 144 valence electrons. The fraction of sp³-hybridized carbons (Fsp3) is 0.208. The molecular formula is C24H26N2O2. The van der Waals surface area contributed by atoms with Crippen LogP contribution in [-0.2, 0) is 5.54 Å². The van der Waals surface area contributed by atoms with Gasteiger partial charge in [0.15, 0.2) is 0 Å². The molecule has 1 amide bonds. The first-order chi connectivity index (χ1) is 13.6. The highest BCUT2D eigenvalue weighted by Crippen LogP contribution is 2.37. The van der Waals surface area contributed by atoms with Gasteiger partial charge in [0, 0.05) is 6.04 Å². The van der Waals surface area contributed by atoms with E-state index in [1.165, 1.54) is 5.01 Å². The second-order valence-electron chi connectivity index (χ2n) is 6.87. The van der Waals surface area contributed by atoms with Crippen molar-refractivity contribution >= 4 is 6.09 Å². The van der Waals surface area contributed by atoms with Crippen molar-refractivity contribution in [3.63, 3.8) is 0 Å². The number of nitrogens with zero attached hydrogens (tertiary/aromatic N) is 1. The number of hydrogen-bond donors (Lipinski definition) is 2. The predicted octanol–water partition coefficient (Wildman–Crippen LogP) is 5.26. The predicted molar refractivity (Wildman–Crippen MR) is 112 cm³/mol. The number of carboxylic acid groups (broad SMARTS) is 1. The fourth-order valence-electron chi connectivity index (χ4n) is 3.47. The molecule has 3 aromatic rings. The third-order valence-corrected chi connectivity index (χ3v) is 5.15. The topological polar surface area (TPSA) is 52.6 Å². The zero-order valence-corrected chi connectivity index (χ0v) is 16.2. The monoisotopic (exact) mass is 374 g/mol. The Morgan fingerprint density at radius 3 is 1.50 bits per heavy atom. The van der Waals surface area contributed by atoms with E-state index in [0.29, 0.717) is 6.42 Å². The van der Waals surface area contributed by atoms with Gasteiger partial charge in [-0.05, 0) is 30.0 Å². The minimum absolute atomic E-state index is 0.187. The van der Waals surface area contributed by atoms with Crippen LogP contribution < -0.4 is 5.43 Å². The SMILES string of the molecule is CCC(C)N(NC(c1ccccc1)(c1ccccc1)c1ccccc1)C(=O)O. The second-order valence-corrected chi connectivity index (χ2v) is 6.87. The maximum atomic E-state index is 12.1. The van der Waals surface area contributed by atoms with E-state index >= 15 is 0 Å². The Kier molecular flexibility index (Phi) is 6.12. The van der Waals surface area contributed by atoms with E-state index in [0.717, 1.165) is 16.7 Å². The standard InChI is InChI=1S/C24H26N2O2/c1-3-19(2)26(23(27)28)25-24(20-13-7-4-8-14-20,21-15-9-5-10-16-21)22-17-11-6-12-18-22/h4-19,25H,3H2,1-2H3,(H,27,28). The van der Waals surface area contributed by atoms with E-state index in [2.05, 4.69) is 5.43 Å². The van der Waals surface area contributed by atoms with Gasteiger partial charge in [0.1, 0.15) is 5.54 Å². The van der Waals surface area contributed by atoms with Gasteiger partial charge in [-0.15, -0.1) is 0 Å². The van der Waals surface area contributed by atoms with Gasteiger partial charge in [0.2, 0.25) is 0 Å². The van der Waals surface area contributed by atoms with Crippen LogP contribution in [0.5, 0.6) is 0 Å². The van der Waals surface area contributed by atoms with Gasteiger partial charge in [-0.2, -0.15) is 0 Å². The highest BCUT2D eigenvalue weighted by Gasteiger charge is 2.39. The second kappa shape index (κ2) is 8.72. The summed E-state index contributed by atoms with van der Waals surface area (Å²) in [5.41, 5.74) is 5.48. The highest BCUT2D eigenvalue weighted by molar-refractivity contribution is 5.65. The Morgan fingerprint density at radius 2 is 1.21 bits per heavy atom. The Labute approximate surface area is 166 Å². The molecule has 1 unspecified atom stereocenters. The number of hydrogen-bond acceptors (Lipinski definition) is 2. The summed E-state index contributed by atoms with van der Waals surface area (Å²) in [6, 6.07) is 29.8. The molecule has 0 saturated carbocycles. The summed E-state index contributed by atoms with van der Waals surface area (Å²) in [6.07, 6.45) is -0.296. The molecule has 0 aliphatic heterocycles.